The molecule has 1 aromatic heterocycles. The van der Waals surface area contributed by atoms with Gasteiger partial charge in [-0.2, -0.15) is 0 Å². The molecule has 3 rings (SSSR count). The second-order valence-corrected chi connectivity index (χ2v) is 6.72. The summed E-state index contributed by atoms with van der Waals surface area (Å²) in [6, 6.07) is 8.17. The van der Waals surface area contributed by atoms with E-state index in [0.29, 0.717) is 6.54 Å². The molecule has 0 spiro atoms. The third-order valence-electron chi connectivity index (χ3n) is 4.21. The molecule has 0 saturated carbocycles. The molecule has 0 aliphatic carbocycles. The molecule has 2 aromatic rings. The quantitative estimate of drug-likeness (QED) is 0.936. The van der Waals surface area contributed by atoms with E-state index in [4.69, 9.17) is 5.11 Å². The summed E-state index contributed by atoms with van der Waals surface area (Å²) in [6.45, 7) is 2.16. The fraction of sp³-hybridized carbons (Fsp3) is 0.500. The number of carbonyl (C=O) groups excluding carboxylic acids is 1. The normalized spacial score (nSPS) is 16.2. The zero-order chi connectivity index (χ0) is 15.5. The van der Waals surface area contributed by atoms with E-state index in [0.717, 1.165) is 36.6 Å². The number of hydrogen-bond donors (Lipinski definition) is 1. The number of likely N-dealkylation sites (N-methyl/N-ethyl adjacent to an activating group) is 1. The summed E-state index contributed by atoms with van der Waals surface area (Å²) in [4.78, 5) is 20.9. The van der Waals surface area contributed by atoms with Gasteiger partial charge >= 0.3 is 0 Å². The molecule has 1 aliphatic heterocycles. The SMILES string of the molecule is CN(CCO)C(=O)C1CCN(c2nc3ccccc3s2)CC1. The number of piperidine rings is 1. The van der Waals surface area contributed by atoms with Crippen LogP contribution in [0.3, 0.4) is 0 Å². The van der Waals surface area contributed by atoms with Crippen molar-refractivity contribution in [2.24, 2.45) is 5.92 Å². The van der Waals surface area contributed by atoms with Crippen LogP contribution in [0.1, 0.15) is 12.8 Å². The second kappa shape index (κ2) is 6.62. The Labute approximate surface area is 134 Å². The van der Waals surface area contributed by atoms with Crippen molar-refractivity contribution in [3.63, 3.8) is 0 Å². The molecule has 1 aliphatic rings. The number of anilines is 1. The van der Waals surface area contributed by atoms with Crippen LogP contribution >= 0.6 is 11.3 Å². The van der Waals surface area contributed by atoms with Crippen LogP contribution in [0.2, 0.25) is 0 Å². The van der Waals surface area contributed by atoms with Crippen molar-refractivity contribution >= 4 is 32.6 Å². The van der Waals surface area contributed by atoms with Gasteiger partial charge in [0, 0.05) is 32.6 Å². The minimum Gasteiger partial charge on any atom is -0.395 e. The Bertz CT molecular complexity index is 617. The van der Waals surface area contributed by atoms with E-state index in [2.05, 4.69) is 16.0 Å². The van der Waals surface area contributed by atoms with Crippen molar-refractivity contribution in [2.75, 3.05) is 38.2 Å². The zero-order valence-electron chi connectivity index (χ0n) is 12.7. The van der Waals surface area contributed by atoms with Gasteiger partial charge in [-0.25, -0.2) is 4.98 Å². The molecule has 1 aromatic carbocycles. The van der Waals surface area contributed by atoms with E-state index in [1.807, 2.05) is 18.2 Å². The van der Waals surface area contributed by atoms with Crippen LogP contribution in [0.4, 0.5) is 5.13 Å². The molecule has 22 heavy (non-hydrogen) atoms. The molecule has 6 heteroatoms. The number of benzene rings is 1. The average molecular weight is 319 g/mol. The topological polar surface area (TPSA) is 56.7 Å². The molecular weight excluding hydrogens is 298 g/mol. The molecule has 1 N–H and O–H groups in total. The molecule has 2 heterocycles. The summed E-state index contributed by atoms with van der Waals surface area (Å²) >= 11 is 1.71. The molecule has 118 valence electrons. The molecule has 0 bridgehead atoms. The first-order chi connectivity index (χ1) is 10.7. The molecular formula is C16H21N3O2S. The number of aromatic nitrogens is 1. The maximum Gasteiger partial charge on any atom is 0.225 e. The first kappa shape index (κ1) is 15.2. The number of aliphatic hydroxyl groups excluding tert-OH is 1. The van der Waals surface area contributed by atoms with Crippen molar-refractivity contribution in [1.82, 2.24) is 9.88 Å². The summed E-state index contributed by atoms with van der Waals surface area (Å²) in [5.74, 6) is 0.222. The number of fused-ring (bicyclic) bond motifs is 1. The average Bonchev–Trinajstić information content (AvgIpc) is 2.98. The summed E-state index contributed by atoms with van der Waals surface area (Å²) in [7, 11) is 1.76. The number of aliphatic hydroxyl groups is 1. The third kappa shape index (κ3) is 3.08. The highest BCUT2D eigenvalue weighted by molar-refractivity contribution is 7.22. The molecule has 0 atom stereocenters. The fourth-order valence-corrected chi connectivity index (χ4v) is 3.90. The molecule has 0 unspecified atom stereocenters. The van der Waals surface area contributed by atoms with Crippen LogP contribution in [0.5, 0.6) is 0 Å². The Morgan fingerprint density at radius 3 is 2.82 bits per heavy atom. The second-order valence-electron chi connectivity index (χ2n) is 5.71. The Morgan fingerprint density at radius 1 is 1.41 bits per heavy atom. The molecule has 0 radical (unpaired) electrons. The lowest BCUT2D eigenvalue weighted by molar-refractivity contribution is -0.135. The molecule has 1 amide bonds. The number of amides is 1. The van der Waals surface area contributed by atoms with Gasteiger partial charge in [0.05, 0.1) is 16.8 Å². The Kier molecular flexibility index (Phi) is 4.59. The maximum absolute atomic E-state index is 12.3. The molecule has 1 saturated heterocycles. The van der Waals surface area contributed by atoms with Crippen LogP contribution in [-0.4, -0.2) is 54.2 Å². The third-order valence-corrected chi connectivity index (χ3v) is 5.31. The Morgan fingerprint density at radius 2 is 2.14 bits per heavy atom. The van der Waals surface area contributed by atoms with Gasteiger partial charge in [0.1, 0.15) is 0 Å². The van der Waals surface area contributed by atoms with Gasteiger partial charge < -0.3 is 14.9 Å². The first-order valence-corrected chi connectivity index (χ1v) is 8.47. The lowest BCUT2D eigenvalue weighted by atomic mass is 9.95. The molecule has 5 nitrogen and oxygen atoms in total. The lowest BCUT2D eigenvalue weighted by Gasteiger charge is -2.32. The van der Waals surface area contributed by atoms with E-state index in [1.165, 1.54) is 4.70 Å². The minimum absolute atomic E-state index is 0.0206. The Balaban J connectivity index is 1.63. The van der Waals surface area contributed by atoms with Gasteiger partial charge in [-0.1, -0.05) is 23.5 Å². The van der Waals surface area contributed by atoms with Crippen molar-refractivity contribution < 1.29 is 9.90 Å². The standard InChI is InChI=1S/C16H21N3O2S/c1-18(10-11-20)15(21)12-6-8-19(9-7-12)16-17-13-4-2-3-5-14(13)22-16/h2-5,12,20H,6-11H2,1H3. The zero-order valence-corrected chi connectivity index (χ0v) is 13.6. The number of nitrogens with zero attached hydrogens (tertiary/aromatic N) is 3. The van der Waals surface area contributed by atoms with Gasteiger partial charge in [-0.05, 0) is 25.0 Å². The highest BCUT2D eigenvalue weighted by Crippen LogP contribution is 2.31. The van der Waals surface area contributed by atoms with E-state index >= 15 is 0 Å². The smallest absolute Gasteiger partial charge is 0.225 e. The minimum atomic E-state index is 0.0206. The van der Waals surface area contributed by atoms with Crippen LogP contribution in [0.15, 0.2) is 24.3 Å². The Hall–Kier alpha value is -1.66. The van der Waals surface area contributed by atoms with E-state index < -0.39 is 0 Å². The maximum atomic E-state index is 12.3. The van der Waals surface area contributed by atoms with Crippen LogP contribution in [0, 0.1) is 5.92 Å². The van der Waals surface area contributed by atoms with Crippen LogP contribution in [0.25, 0.3) is 10.2 Å². The van der Waals surface area contributed by atoms with Crippen molar-refractivity contribution in [2.45, 2.75) is 12.8 Å². The van der Waals surface area contributed by atoms with E-state index in [-0.39, 0.29) is 18.4 Å². The highest BCUT2D eigenvalue weighted by atomic mass is 32.1. The van der Waals surface area contributed by atoms with Crippen LogP contribution < -0.4 is 4.90 Å². The number of para-hydroxylation sites is 1. The fourth-order valence-electron chi connectivity index (χ4n) is 2.88. The van der Waals surface area contributed by atoms with Crippen LogP contribution in [-0.2, 0) is 4.79 Å². The molecule has 1 fully saturated rings. The lowest BCUT2D eigenvalue weighted by Crippen LogP contribution is -2.42. The summed E-state index contributed by atoms with van der Waals surface area (Å²) in [5.41, 5.74) is 1.04. The predicted molar refractivity (Wildman–Crippen MR) is 89.3 cm³/mol. The van der Waals surface area contributed by atoms with Gasteiger partial charge in [-0.3, -0.25) is 4.79 Å². The monoisotopic (exact) mass is 319 g/mol. The van der Waals surface area contributed by atoms with E-state index in [1.54, 1.807) is 23.3 Å². The first-order valence-electron chi connectivity index (χ1n) is 7.65. The van der Waals surface area contributed by atoms with Gasteiger partial charge in [0.25, 0.3) is 0 Å². The van der Waals surface area contributed by atoms with Gasteiger partial charge in [0.2, 0.25) is 5.91 Å². The number of rotatable bonds is 4. The highest BCUT2D eigenvalue weighted by Gasteiger charge is 2.28. The number of hydrogen-bond acceptors (Lipinski definition) is 5. The summed E-state index contributed by atoms with van der Waals surface area (Å²) < 4.78 is 1.21. The van der Waals surface area contributed by atoms with E-state index in [9.17, 15) is 4.79 Å². The summed E-state index contributed by atoms with van der Waals surface area (Å²) in [5, 5.41) is 9.99. The predicted octanol–water partition coefficient (Wildman–Crippen LogP) is 1.96. The van der Waals surface area contributed by atoms with Crippen molar-refractivity contribution in [3.05, 3.63) is 24.3 Å². The van der Waals surface area contributed by atoms with Gasteiger partial charge in [-0.15, -0.1) is 0 Å². The summed E-state index contributed by atoms with van der Waals surface area (Å²) in [6.07, 6.45) is 1.70. The number of carbonyl (C=O) groups is 1. The van der Waals surface area contributed by atoms with Gasteiger partial charge in [0.15, 0.2) is 5.13 Å². The largest absolute Gasteiger partial charge is 0.395 e. The van der Waals surface area contributed by atoms with Crippen molar-refractivity contribution in [3.8, 4) is 0 Å². The van der Waals surface area contributed by atoms with Crippen molar-refractivity contribution in [1.29, 1.82) is 0 Å². The number of thiazole rings is 1.